The third-order valence-electron chi connectivity index (χ3n) is 3.94. The number of carbonyl (C=O) groups is 1. The summed E-state index contributed by atoms with van der Waals surface area (Å²) in [6.45, 7) is 0.0292. The molecule has 0 aromatic carbocycles. The average molecular weight is 382 g/mol. The van der Waals surface area contributed by atoms with E-state index in [-0.39, 0.29) is 18.0 Å². The summed E-state index contributed by atoms with van der Waals surface area (Å²) in [5.41, 5.74) is -0.526. The average Bonchev–Trinajstić information content (AvgIpc) is 3.15. The zero-order valence-corrected chi connectivity index (χ0v) is 15.5. The van der Waals surface area contributed by atoms with E-state index >= 15 is 0 Å². The van der Waals surface area contributed by atoms with Gasteiger partial charge in [-0.05, 0) is 12.1 Å². The number of rotatable bonds is 4. The van der Waals surface area contributed by atoms with Crippen LogP contribution >= 0.6 is 22.9 Å². The maximum Gasteiger partial charge on any atom is 0.332 e. The van der Waals surface area contributed by atoms with Crippen molar-refractivity contribution in [1.82, 2.24) is 23.6 Å². The summed E-state index contributed by atoms with van der Waals surface area (Å²) in [6, 6.07) is 3.60. The van der Waals surface area contributed by atoms with Gasteiger partial charge in [0.15, 0.2) is 11.2 Å². The molecule has 25 heavy (non-hydrogen) atoms. The van der Waals surface area contributed by atoms with Gasteiger partial charge < -0.3 is 9.47 Å². The Hall–Kier alpha value is -2.39. The highest BCUT2D eigenvalue weighted by Gasteiger charge is 2.19. The van der Waals surface area contributed by atoms with Gasteiger partial charge in [0, 0.05) is 26.0 Å². The van der Waals surface area contributed by atoms with Crippen molar-refractivity contribution in [2.24, 2.45) is 14.1 Å². The van der Waals surface area contributed by atoms with Gasteiger partial charge in [-0.3, -0.25) is 14.2 Å². The van der Waals surface area contributed by atoms with Crippen molar-refractivity contribution in [2.75, 3.05) is 7.05 Å². The summed E-state index contributed by atoms with van der Waals surface area (Å²) in [5, 5.41) is 0. The lowest BCUT2D eigenvalue weighted by Crippen LogP contribution is -2.43. The zero-order valence-electron chi connectivity index (χ0n) is 13.9. The second-order valence-corrected chi connectivity index (χ2v) is 7.52. The van der Waals surface area contributed by atoms with E-state index in [2.05, 4.69) is 4.98 Å². The van der Waals surface area contributed by atoms with E-state index in [1.54, 1.807) is 20.2 Å². The van der Waals surface area contributed by atoms with Gasteiger partial charge in [-0.15, -0.1) is 11.3 Å². The first-order chi connectivity index (χ1) is 11.8. The van der Waals surface area contributed by atoms with Gasteiger partial charge in [-0.2, -0.15) is 0 Å². The van der Waals surface area contributed by atoms with Gasteiger partial charge in [0.05, 0.1) is 17.2 Å². The fourth-order valence-electron chi connectivity index (χ4n) is 2.55. The summed E-state index contributed by atoms with van der Waals surface area (Å²) < 4.78 is 4.38. The number of hydrogen-bond donors (Lipinski definition) is 0. The molecule has 132 valence electrons. The van der Waals surface area contributed by atoms with E-state index < -0.39 is 11.2 Å². The molecular formula is C15H16ClN5O3S. The van der Waals surface area contributed by atoms with E-state index in [0.717, 1.165) is 9.44 Å². The Labute approximate surface area is 151 Å². The molecule has 0 fully saturated rings. The van der Waals surface area contributed by atoms with Crippen molar-refractivity contribution in [3.63, 3.8) is 0 Å². The lowest BCUT2D eigenvalue weighted by molar-refractivity contribution is -0.131. The van der Waals surface area contributed by atoms with Crippen LogP contribution < -0.4 is 11.2 Å². The fraction of sp³-hybridized carbons (Fsp3) is 0.333. The number of aromatic nitrogens is 4. The van der Waals surface area contributed by atoms with Crippen LogP contribution in [0.5, 0.6) is 0 Å². The van der Waals surface area contributed by atoms with E-state index in [1.807, 2.05) is 6.07 Å². The number of carbonyl (C=O) groups excluding carboxylic acids is 1. The Morgan fingerprint density at radius 3 is 2.68 bits per heavy atom. The van der Waals surface area contributed by atoms with Crippen LogP contribution in [0.4, 0.5) is 0 Å². The summed E-state index contributed by atoms with van der Waals surface area (Å²) in [6.07, 6.45) is 1.46. The molecule has 0 saturated carbocycles. The van der Waals surface area contributed by atoms with Crippen LogP contribution in [-0.2, 0) is 32.0 Å². The molecule has 1 amide bonds. The van der Waals surface area contributed by atoms with Crippen LogP contribution in [-0.4, -0.2) is 36.5 Å². The first kappa shape index (κ1) is 17.4. The number of thiophene rings is 1. The largest absolute Gasteiger partial charge is 0.339 e. The molecule has 3 aromatic rings. The van der Waals surface area contributed by atoms with Crippen LogP contribution in [0.15, 0.2) is 28.0 Å². The highest BCUT2D eigenvalue weighted by atomic mass is 35.5. The van der Waals surface area contributed by atoms with E-state index in [9.17, 15) is 14.4 Å². The first-order valence-electron chi connectivity index (χ1n) is 7.38. The lowest BCUT2D eigenvalue weighted by Gasteiger charge is -2.17. The summed E-state index contributed by atoms with van der Waals surface area (Å²) in [5.74, 6) is -0.342. The quantitative estimate of drug-likeness (QED) is 0.669. The molecule has 10 heteroatoms. The normalized spacial score (nSPS) is 11.2. The Morgan fingerprint density at radius 1 is 1.32 bits per heavy atom. The third kappa shape index (κ3) is 3.12. The van der Waals surface area contributed by atoms with Gasteiger partial charge in [0.1, 0.15) is 6.54 Å². The van der Waals surface area contributed by atoms with E-state index in [1.165, 1.54) is 38.7 Å². The Balaban J connectivity index is 1.92. The second kappa shape index (κ2) is 6.49. The minimum absolute atomic E-state index is 0.280. The molecule has 3 aromatic heterocycles. The van der Waals surface area contributed by atoms with Gasteiger partial charge >= 0.3 is 5.69 Å². The van der Waals surface area contributed by atoms with Crippen molar-refractivity contribution in [1.29, 1.82) is 0 Å². The van der Waals surface area contributed by atoms with Gasteiger partial charge in [0.25, 0.3) is 5.56 Å². The number of imidazole rings is 1. The molecule has 3 rings (SSSR count). The fourth-order valence-corrected chi connectivity index (χ4v) is 3.69. The molecule has 3 heterocycles. The van der Waals surface area contributed by atoms with Crippen LogP contribution in [0, 0.1) is 0 Å². The number of halogens is 1. The molecule has 0 N–H and O–H groups in total. The Morgan fingerprint density at radius 2 is 2.04 bits per heavy atom. The second-order valence-electron chi connectivity index (χ2n) is 5.72. The van der Waals surface area contributed by atoms with Crippen molar-refractivity contribution in [3.8, 4) is 0 Å². The first-order valence-corrected chi connectivity index (χ1v) is 8.58. The number of aryl methyl sites for hydroxylation is 2. The zero-order chi connectivity index (χ0) is 18.3. The van der Waals surface area contributed by atoms with Crippen LogP contribution in [0.25, 0.3) is 11.2 Å². The molecule has 0 aliphatic rings. The monoisotopic (exact) mass is 381 g/mol. The molecule has 0 bridgehead atoms. The molecular weight excluding hydrogens is 366 g/mol. The maximum absolute atomic E-state index is 12.6. The third-order valence-corrected chi connectivity index (χ3v) is 5.16. The molecule has 0 aliphatic carbocycles. The molecule has 0 spiro atoms. The van der Waals surface area contributed by atoms with Gasteiger partial charge in [-0.25, -0.2) is 14.3 Å². The van der Waals surface area contributed by atoms with Crippen LogP contribution in [0.2, 0.25) is 4.34 Å². The SMILES string of the molecule is CN(Cc1ccc(Cl)s1)C(=O)Cn1c(=O)c2c(ncn2C)n(C)c1=O. The number of nitrogens with zero attached hydrogens (tertiary/aromatic N) is 5. The highest BCUT2D eigenvalue weighted by molar-refractivity contribution is 7.16. The molecule has 0 aliphatic heterocycles. The van der Waals surface area contributed by atoms with Crippen molar-refractivity contribution in [2.45, 2.75) is 13.1 Å². The van der Waals surface area contributed by atoms with E-state index in [4.69, 9.17) is 11.6 Å². The number of amides is 1. The summed E-state index contributed by atoms with van der Waals surface area (Å²) in [4.78, 5) is 43.9. The summed E-state index contributed by atoms with van der Waals surface area (Å²) in [7, 11) is 4.81. The standard InChI is InChI=1S/C15H16ClN5O3S/c1-18(6-9-4-5-10(16)25-9)11(22)7-21-14(23)12-13(17-8-19(12)2)20(3)15(21)24/h4-5,8H,6-7H2,1-3H3. The smallest absolute Gasteiger partial charge is 0.332 e. The predicted octanol–water partition coefficient (Wildman–Crippen LogP) is 0.807. The minimum Gasteiger partial charge on any atom is -0.339 e. The number of fused-ring (bicyclic) bond motifs is 1. The topological polar surface area (TPSA) is 82.1 Å². The van der Waals surface area contributed by atoms with Crippen molar-refractivity contribution >= 4 is 40.0 Å². The Kier molecular flexibility index (Phi) is 4.53. The molecule has 0 saturated heterocycles. The van der Waals surface area contributed by atoms with E-state index in [0.29, 0.717) is 16.5 Å². The predicted molar refractivity (Wildman–Crippen MR) is 96.0 cm³/mol. The minimum atomic E-state index is -0.572. The maximum atomic E-state index is 12.6. The Bertz CT molecular complexity index is 1080. The lowest BCUT2D eigenvalue weighted by atomic mass is 10.4. The molecule has 0 unspecified atom stereocenters. The summed E-state index contributed by atoms with van der Waals surface area (Å²) >= 11 is 7.27. The molecule has 8 nitrogen and oxygen atoms in total. The number of likely N-dealkylation sites (N-methyl/N-ethyl adjacent to an activating group) is 1. The highest BCUT2D eigenvalue weighted by Crippen LogP contribution is 2.22. The van der Waals surface area contributed by atoms with Crippen LogP contribution in [0.3, 0.4) is 0 Å². The molecule has 0 radical (unpaired) electrons. The van der Waals surface area contributed by atoms with Crippen molar-refractivity contribution < 1.29 is 4.79 Å². The van der Waals surface area contributed by atoms with Crippen molar-refractivity contribution in [3.05, 3.63) is 48.5 Å². The van der Waals surface area contributed by atoms with Crippen LogP contribution in [0.1, 0.15) is 4.88 Å². The molecule has 0 atom stereocenters. The number of hydrogen-bond acceptors (Lipinski definition) is 5. The van der Waals surface area contributed by atoms with Gasteiger partial charge in [0.2, 0.25) is 5.91 Å². The van der Waals surface area contributed by atoms with Gasteiger partial charge in [-0.1, -0.05) is 11.6 Å².